The van der Waals surface area contributed by atoms with Gasteiger partial charge in [0, 0.05) is 30.6 Å². The zero-order chi connectivity index (χ0) is 18.4. The Balaban J connectivity index is 1.80. The highest BCUT2D eigenvalue weighted by Gasteiger charge is 2.21. The first-order chi connectivity index (χ1) is 12.6. The molecule has 0 aliphatic carbocycles. The molecule has 0 N–H and O–H groups in total. The molecule has 26 heavy (non-hydrogen) atoms. The normalized spacial score (nSPS) is 11.8. The fraction of sp³-hybridized carbons (Fsp3) is 0.190. The van der Waals surface area contributed by atoms with Crippen LogP contribution in [0.3, 0.4) is 0 Å². The predicted octanol–water partition coefficient (Wildman–Crippen LogP) is 4.31. The number of benzene rings is 2. The number of nitrogens with zero attached hydrogens (tertiary/aromatic N) is 3. The molecule has 0 bridgehead atoms. The van der Waals surface area contributed by atoms with E-state index in [2.05, 4.69) is 9.97 Å². The first-order valence-corrected chi connectivity index (χ1v) is 8.80. The molecule has 0 spiro atoms. The maximum Gasteiger partial charge on any atom is 0.223 e. The molecule has 2 aromatic carbocycles. The second-order valence-electron chi connectivity index (χ2n) is 6.17. The lowest BCUT2D eigenvalue weighted by Crippen LogP contribution is -2.28. The first kappa shape index (κ1) is 18.1. The van der Waals surface area contributed by atoms with Crippen LogP contribution in [0.5, 0.6) is 0 Å². The maximum absolute atomic E-state index is 12.8. The van der Waals surface area contributed by atoms with Crippen molar-refractivity contribution in [3.63, 3.8) is 0 Å². The van der Waals surface area contributed by atoms with E-state index in [1.165, 1.54) is 6.33 Å². The molecule has 0 saturated heterocycles. The van der Waals surface area contributed by atoms with Crippen LogP contribution in [-0.2, 0) is 11.3 Å². The first-order valence-electron chi connectivity index (χ1n) is 8.43. The number of hydrogen-bond acceptors (Lipinski definition) is 3. The molecular formula is C21H20ClN3O. The van der Waals surface area contributed by atoms with Gasteiger partial charge in [0.05, 0.1) is 12.2 Å². The highest BCUT2D eigenvalue weighted by Crippen LogP contribution is 2.30. The zero-order valence-electron chi connectivity index (χ0n) is 14.5. The number of amides is 1. The molecule has 0 aliphatic rings. The minimum atomic E-state index is -0.0461. The number of aromatic nitrogens is 2. The summed E-state index contributed by atoms with van der Waals surface area (Å²) in [6.07, 6.45) is 3.54. The van der Waals surface area contributed by atoms with E-state index in [1.54, 1.807) is 18.1 Å². The van der Waals surface area contributed by atoms with Gasteiger partial charge in [-0.2, -0.15) is 0 Å². The van der Waals surface area contributed by atoms with Gasteiger partial charge in [0.2, 0.25) is 5.91 Å². The average Bonchev–Trinajstić information content (AvgIpc) is 2.67. The van der Waals surface area contributed by atoms with Gasteiger partial charge in [-0.1, -0.05) is 54.1 Å². The lowest BCUT2D eigenvalue weighted by Gasteiger charge is -2.22. The zero-order valence-corrected chi connectivity index (χ0v) is 15.3. The summed E-state index contributed by atoms with van der Waals surface area (Å²) in [5, 5.41) is 0.672. The van der Waals surface area contributed by atoms with Crippen LogP contribution < -0.4 is 0 Å². The van der Waals surface area contributed by atoms with Gasteiger partial charge < -0.3 is 4.90 Å². The Morgan fingerprint density at radius 3 is 2.54 bits per heavy atom. The predicted molar refractivity (Wildman–Crippen MR) is 103 cm³/mol. The quantitative estimate of drug-likeness (QED) is 0.653. The van der Waals surface area contributed by atoms with E-state index in [0.29, 0.717) is 18.0 Å². The Morgan fingerprint density at radius 1 is 1.08 bits per heavy atom. The van der Waals surface area contributed by atoms with Gasteiger partial charge in [0.1, 0.15) is 6.33 Å². The van der Waals surface area contributed by atoms with Gasteiger partial charge in [-0.3, -0.25) is 4.79 Å². The summed E-state index contributed by atoms with van der Waals surface area (Å²) in [7, 11) is 1.80. The Labute approximate surface area is 158 Å². The number of hydrogen-bond donors (Lipinski definition) is 0. The minimum absolute atomic E-state index is 0.0461. The highest BCUT2D eigenvalue weighted by molar-refractivity contribution is 6.30. The molecule has 1 amide bonds. The van der Waals surface area contributed by atoms with E-state index in [0.717, 1.165) is 16.8 Å². The van der Waals surface area contributed by atoms with Gasteiger partial charge in [-0.15, -0.1) is 0 Å². The van der Waals surface area contributed by atoms with Gasteiger partial charge in [0.25, 0.3) is 0 Å². The lowest BCUT2D eigenvalue weighted by atomic mass is 9.88. The van der Waals surface area contributed by atoms with Crippen LogP contribution in [0, 0.1) is 0 Å². The van der Waals surface area contributed by atoms with Crippen molar-refractivity contribution < 1.29 is 4.79 Å². The van der Waals surface area contributed by atoms with Crippen LogP contribution in [0.1, 0.15) is 29.2 Å². The van der Waals surface area contributed by atoms with E-state index in [4.69, 9.17) is 11.6 Å². The average molecular weight is 366 g/mol. The lowest BCUT2D eigenvalue weighted by molar-refractivity contribution is -0.130. The molecule has 3 aromatic rings. The Bertz CT molecular complexity index is 855. The van der Waals surface area contributed by atoms with Crippen molar-refractivity contribution in [3.05, 3.63) is 95.0 Å². The molecule has 4 nitrogen and oxygen atoms in total. The largest absolute Gasteiger partial charge is 0.340 e. The summed E-state index contributed by atoms with van der Waals surface area (Å²) < 4.78 is 0. The van der Waals surface area contributed by atoms with Crippen LogP contribution in [-0.4, -0.2) is 27.8 Å². The van der Waals surface area contributed by atoms with Crippen molar-refractivity contribution in [2.24, 2.45) is 0 Å². The SMILES string of the molecule is CN(Cc1ccncn1)C(=O)C[C@@H](c1ccccc1)c1cccc(Cl)c1. The second-order valence-corrected chi connectivity index (χ2v) is 6.61. The topological polar surface area (TPSA) is 46.1 Å². The third-order valence-electron chi connectivity index (χ3n) is 4.30. The van der Waals surface area contributed by atoms with Crippen molar-refractivity contribution >= 4 is 17.5 Å². The van der Waals surface area contributed by atoms with Crippen LogP contribution in [0.15, 0.2) is 73.2 Å². The van der Waals surface area contributed by atoms with Crippen molar-refractivity contribution in [2.45, 2.75) is 18.9 Å². The summed E-state index contributed by atoms with van der Waals surface area (Å²) in [5.74, 6) is 0.00712. The van der Waals surface area contributed by atoms with Gasteiger partial charge in [-0.25, -0.2) is 9.97 Å². The fourth-order valence-corrected chi connectivity index (χ4v) is 3.11. The highest BCUT2D eigenvalue weighted by atomic mass is 35.5. The van der Waals surface area contributed by atoms with Crippen LogP contribution in [0.25, 0.3) is 0 Å². The molecule has 0 aliphatic heterocycles. The molecule has 132 valence electrons. The summed E-state index contributed by atoms with van der Waals surface area (Å²) in [5.41, 5.74) is 2.95. The standard InChI is InChI=1S/C21H20ClN3O/c1-25(14-19-10-11-23-15-24-19)21(26)13-20(16-6-3-2-4-7-16)17-8-5-9-18(22)12-17/h2-12,15,20H,13-14H2,1H3/t20-/m0/s1. The molecule has 1 aromatic heterocycles. The third-order valence-corrected chi connectivity index (χ3v) is 4.53. The number of carbonyl (C=O) groups excluding carboxylic acids is 1. The number of rotatable bonds is 6. The van der Waals surface area contributed by atoms with E-state index >= 15 is 0 Å². The third kappa shape index (κ3) is 4.67. The smallest absolute Gasteiger partial charge is 0.223 e. The fourth-order valence-electron chi connectivity index (χ4n) is 2.91. The minimum Gasteiger partial charge on any atom is -0.340 e. The summed E-state index contributed by atoms with van der Waals surface area (Å²) in [6.45, 7) is 0.457. The molecule has 1 heterocycles. The van der Waals surface area contributed by atoms with Gasteiger partial charge in [-0.05, 0) is 29.3 Å². The van der Waals surface area contributed by atoms with Crippen LogP contribution in [0.2, 0.25) is 5.02 Å². The molecule has 1 atom stereocenters. The second kappa shape index (κ2) is 8.59. The molecule has 0 fully saturated rings. The van der Waals surface area contributed by atoms with Crippen molar-refractivity contribution in [1.82, 2.24) is 14.9 Å². The summed E-state index contributed by atoms with van der Waals surface area (Å²) >= 11 is 6.17. The molecule has 3 rings (SSSR count). The maximum atomic E-state index is 12.8. The Hall–Kier alpha value is -2.72. The van der Waals surface area contributed by atoms with E-state index in [1.807, 2.05) is 60.7 Å². The van der Waals surface area contributed by atoms with Crippen LogP contribution >= 0.6 is 11.6 Å². The molecule has 0 saturated carbocycles. The monoisotopic (exact) mass is 365 g/mol. The van der Waals surface area contributed by atoms with Gasteiger partial charge >= 0.3 is 0 Å². The molecule has 0 unspecified atom stereocenters. The van der Waals surface area contributed by atoms with Crippen LogP contribution in [0.4, 0.5) is 0 Å². The van der Waals surface area contributed by atoms with Gasteiger partial charge in [0.15, 0.2) is 0 Å². The molecule has 5 heteroatoms. The summed E-state index contributed by atoms with van der Waals surface area (Å²) in [4.78, 5) is 22.6. The van der Waals surface area contributed by atoms with E-state index < -0.39 is 0 Å². The van der Waals surface area contributed by atoms with E-state index in [9.17, 15) is 4.79 Å². The number of halogens is 1. The number of carbonyl (C=O) groups is 1. The Kier molecular flexibility index (Phi) is 5.97. The molecule has 0 radical (unpaired) electrons. The van der Waals surface area contributed by atoms with Crippen molar-refractivity contribution in [1.29, 1.82) is 0 Å². The van der Waals surface area contributed by atoms with Crippen molar-refractivity contribution in [3.8, 4) is 0 Å². The molecular weight excluding hydrogens is 346 g/mol. The summed E-state index contributed by atoms with van der Waals surface area (Å²) in [6, 6.07) is 19.6. The Morgan fingerprint density at radius 2 is 1.85 bits per heavy atom. The van der Waals surface area contributed by atoms with E-state index in [-0.39, 0.29) is 11.8 Å². The van der Waals surface area contributed by atoms with Crippen molar-refractivity contribution in [2.75, 3.05) is 7.05 Å².